The number of benzene rings is 1. The Morgan fingerprint density at radius 2 is 2.05 bits per heavy atom. The van der Waals surface area contributed by atoms with Crippen LogP contribution in [0.2, 0.25) is 5.02 Å². The van der Waals surface area contributed by atoms with Gasteiger partial charge in [0.15, 0.2) is 0 Å². The first-order chi connectivity index (χ1) is 9.16. The highest BCUT2D eigenvalue weighted by Gasteiger charge is 2.38. The van der Waals surface area contributed by atoms with Crippen molar-refractivity contribution in [3.05, 3.63) is 28.8 Å². The SMILES string of the molecule is O=C(c1cc(S)ccc1Cl)N1CCC2CCCCC21. The minimum Gasteiger partial charge on any atom is -0.335 e. The smallest absolute Gasteiger partial charge is 0.255 e. The Morgan fingerprint density at radius 1 is 1.26 bits per heavy atom. The number of fused-ring (bicyclic) bond motifs is 1. The monoisotopic (exact) mass is 295 g/mol. The van der Waals surface area contributed by atoms with E-state index in [2.05, 4.69) is 12.6 Å². The van der Waals surface area contributed by atoms with Gasteiger partial charge in [0.05, 0.1) is 10.6 Å². The van der Waals surface area contributed by atoms with Crippen molar-refractivity contribution >= 4 is 30.1 Å². The number of hydrogen-bond donors (Lipinski definition) is 1. The second-order valence-electron chi connectivity index (χ2n) is 5.56. The molecule has 1 saturated heterocycles. The van der Waals surface area contributed by atoms with E-state index >= 15 is 0 Å². The van der Waals surface area contributed by atoms with Gasteiger partial charge in [-0.25, -0.2) is 0 Å². The number of amides is 1. The summed E-state index contributed by atoms with van der Waals surface area (Å²) >= 11 is 10.5. The molecule has 1 aromatic carbocycles. The Labute approximate surface area is 124 Å². The molecule has 2 aliphatic rings. The Balaban J connectivity index is 1.85. The van der Waals surface area contributed by atoms with Crippen molar-refractivity contribution in [3.8, 4) is 0 Å². The third kappa shape index (κ3) is 2.50. The van der Waals surface area contributed by atoms with Crippen LogP contribution >= 0.6 is 24.2 Å². The number of nitrogens with zero attached hydrogens (tertiary/aromatic N) is 1. The summed E-state index contributed by atoms with van der Waals surface area (Å²) in [6.07, 6.45) is 6.12. The van der Waals surface area contributed by atoms with Crippen LogP contribution in [0.5, 0.6) is 0 Å². The molecule has 1 saturated carbocycles. The van der Waals surface area contributed by atoms with E-state index in [0.29, 0.717) is 22.5 Å². The molecule has 0 bridgehead atoms. The molecule has 102 valence electrons. The van der Waals surface area contributed by atoms with E-state index in [1.54, 1.807) is 12.1 Å². The van der Waals surface area contributed by atoms with Gasteiger partial charge in [0.1, 0.15) is 0 Å². The van der Waals surface area contributed by atoms with Crippen molar-refractivity contribution in [3.63, 3.8) is 0 Å². The zero-order valence-corrected chi connectivity index (χ0v) is 12.5. The third-order valence-electron chi connectivity index (χ3n) is 4.45. The van der Waals surface area contributed by atoms with Gasteiger partial charge >= 0.3 is 0 Å². The predicted molar refractivity (Wildman–Crippen MR) is 80.1 cm³/mol. The van der Waals surface area contributed by atoms with Crippen LogP contribution < -0.4 is 0 Å². The van der Waals surface area contributed by atoms with E-state index in [9.17, 15) is 4.79 Å². The molecule has 2 atom stereocenters. The van der Waals surface area contributed by atoms with Crippen LogP contribution in [0, 0.1) is 5.92 Å². The van der Waals surface area contributed by atoms with Gasteiger partial charge < -0.3 is 4.90 Å². The van der Waals surface area contributed by atoms with Gasteiger partial charge in [-0.2, -0.15) is 0 Å². The quantitative estimate of drug-likeness (QED) is 0.776. The van der Waals surface area contributed by atoms with Gasteiger partial charge in [-0.3, -0.25) is 4.79 Å². The van der Waals surface area contributed by atoms with Gasteiger partial charge in [0.25, 0.3) is 5.91 Å². The topological polar surface area (TPSA) is 20.3 Å². The molecule has 0 N–H and O–H groups in total. The molecule has 1 heterocycles. The van der Waals surface area contributed by atoms with Crippen molar-refractivity contribution in [2.75, 3.05) is 6.54 Å². The number of likely N-dealkylation sites (tertiary alicyclic amines) is 1. The standard InChI is InChI=1S/C15H18ClNOS/c16-13-6-5-11(19)9-12(13)15(18)17-8-7-10-3-1-2-4-14(10)17/h5-6,9-10,14,19H,1-4,7-8H2. The molecule has 0 radical (unpaired) electrons. The lowest BCUT2D eigenvalue weighted by Crippen LogP contribution is -2.39. The molecule has 0 aromatic heterocycles. The molecule has 1 aromatic rings. The normalized spacial score (nSPS) is 26.3. The minimum atomic E-state index is 0.0790. The Kier molecular flexibility index (Phi) is 3.77. The molecule has 1 aliphatic carbocycles. The van der Waals surface area contributed by atoms with Crippen molar-refractivity contribution in [1.82, 2.24) is 4.90 Å². The summed E-state index contributed by atoms with van der Waals surface area (Å²) in [6.45, 7) is 0.876. The predicted octanol–water partition coefficient (Wildman–Crippen LogP) is 4.03. The Bertz CT molecular complexity index is 505. The van der Waals surface area contributed by atoms with Crippen LogP contribution in [-0.2, 0) is 0 Å². The van der Waals surface area contributed by atoms with Gasteiger partial charge in [0, 0.05) is 17.5 Å². The van der Waals surface area contributed by atoms with E-state index in [1.807, 2.05) is 11.0 Å². The van der Waals surface area contributed by atoms with Gasteiger partial charge in [-0.15, -0.1) is 12.6 Å². The Hall–Kier alpha value is -0.670. The highest BCUT2D eigenvalue weighted by molar-refractivity contribution is 7.80. The maximum absolute atomic E-state index is 12.7. The number of halogens is 1. The van der Waals surface area contributed by atoms with E-state index in [0.717, 1.165) is 24.3 Å². The van der Waals surface area contributed by atoms with Crippen LogP contribution in [0.15, 0.2) is 23.1 Å². The van der Waals surface area contributed by atoms with Crippen molar-refractivity contribution in [2.24, 2.45) is 5.92 Å². The number of hydrogen-bond acceptors (Lipinski definition) is 2. The lowest BCUT2D eigenvalue weighted by Gasteiger charge is -2.31. The molecule has 2 unspecified atom stereocenters. The van der Waals surface area contributed by atoms with Crippen molar-refractivity contribution in [1.29, 1.82) is 0 Å². The molecule has 3 rings (SSSR count). The molecule has 4 heteroatoms. The average molecular weight is 296 g/mol. The number of carbonyl (C=O) groups excluding carboxylic acids is 1. The summed E-state index contributed by atoms with van der Waals surface area (Å²) in [5, 5.41) is 0.530. The van der Waals surface area contributed by atoms with Gasteiger partial charge in [0.2, 0.25) is 0 Å². The summed E-state index contributed by atoms with van der Waals surface area (Å²) < 4.78 is 0. The van der Waals surface area contributed by atoms with Crippen molar-refractivity contribution in [2.45, 2.75) is 43.0 Å². The summed E-state index contributed by atoms with van der Waals surface area (Å²) in [6, 6.07) is 5.78. The molecular formula is C15H18ClNOS. The van der Waals surface area contributed by atoms with Crippen LogP contribution in [0.3, 0.4) is 0 Å². The number of thiol groups is 1. The Morgan fingerprint density at radius 3 is 2.89 bits per heavy atom. The molecule has 0 spiro atoms. The summed E-state index contributed by atoms with van der Waals surface area (Å²) in [5.74, 6) is 0.783. The van der Waals surface area contributed by atoms with Crippen molar-refractivity contribution < 1.29 is 4.79 Å². The summed E-state index contributed by atoms with van der Waals surface area (Å²) in [7, 11) is 0. The van der Waals surface area contributed by atoms with Gasteiger partial charge in [-0.1, -0.05) is 24.4 Å². The lowest BCUT2D eigenvalue weighted by molar-refractivity contribution is 0.0690. The number of carbonyl (C=O) groups is 1. The lowest BCUT2D eigenvalue weighted by atomic mass is 9.85. The first kappa shape index (κ1) is 13.3. The average Bonchev–Trinajstić information content (AvgIpc) is 2.84. The largest absolute Gasteiger partial charge is 0.335 e. The second kappa shape index (κ2) is 5.37. The maximum atomic E-state index is 12.7. The van der Waals surface area contributed by atoms with E-state index < -0.39 is 0 Å². The highest BCUT2D eigenvalue weighted by atomic mass is 35.5. The zero-order chi connectivity index (χ0) is 13.4. The molecular weight excluding hydrogens is 278 g/mol. The molecule has 2 fully saturated rings. The third-order valence-corrected chi connectivity index (χ3v) is 5.06. The molecule has 1 aliphatic heterocycles. The zero-order valence-electron chi connectivity index (χ0n) is 10.8. The molecule has 1 amide bonds. The number of rotatable bonds is 1. The van der Waals surface area contributed by atoms with Gasteiger partial charge in [-0.05, 0) is 43.4 Å². The van der Waals surface area contributed by atoms with E-state index in [1.165, 1.54) is 19.3 Å². The fourth-order valence-corrected chi connectivity index (χ4v) is 3.89. The van der Waals surface area contributed by atoms with Crippen LogP contribution in [0.25, 0.3) is 0 Å². The molecule has 19 heavy (non-hydrogen) atoms. The fourth-order valence-electron chi connectivity index (χ4n) is 3.49. The first-order valence-corrected chi connectivity index (χ1v) is 7.79. The van der Waals surface area contributed by atoms with E-state index in [-0.39, 0.29) is 5.91 Å². The van der Waals surface area contributed by atoms with Crippen LogP contribution in [0.4, 0.5) is 0 Å². The second-order valence-corrected chi connectivity index (χ2v) is 6.49. The molecule has 2 nitrogen and oxygen atoms in total. The summed E-state index contributed by atoms with van der Waals surface area (Å²) in [4.78, 5) is 15.5. The first-order valence-electron chi connectivity index (χ1n) is 6.96. The summed E-state index contributed by atoms with van der Waals surface area (Å²) in [5.41, 5.74) is 0.598. The van der Waals surface area contributed by atoms with Crippen LogP contribution in [0.1, 0.15) is 42.5 Å². The maximum Gasteiger partial charge on any atom is 0.255 e. The highest BCUT2D eigenvalue weighted by Crippen LogP contribution is 2.37. The van der Waals surface area contributed by atoms with E-state index in [4.69, 9.17) is 11.6 Å². The fraction of sp³-hybridized carbons (Fsp3) is 0.533. The minimum absolute atomic E-state index is 0.0790. The van der Waals surface area contributed by atoms with Crippen LogP contribution in [-0.4, -0.2) is 23.4 Å².